The van der Waals surface area contributed by atoms with Crippen LogP contribution in [-0.2, 0) is 0 Å². The number of hydrogen-bond acceptors (Lipinski definition) is 3. The number of nitrogens with zero attached hydrogens (tertiary/aromatic N) is 1. The molecule has 1 heterocycles. The standard InChI is InChI=1S/C16H15F3NO2P/c17-9-1-3-10(4-2-9)20(15-14(21)8-23-16(15)22)11-5-6-12(18)13(19)7-11/h1-7,14-16,21-23H,8H2. The van der Waals surface area contributed by atoms with Crippen LogP contribution in [0.1, 0.15) is 0 Å². The Morgan fingerprint density at radius 1 is 0.913 bits per heavy atom. The van der Waals surface area contributed by atoms with Crippen molar-refractivity contribution in [2.45, 2.75) is 18.0 Å². The molecule has 1 aliphatic heterocycles. The molecule has 4 unspecified atom stereocenters. The molecule has 3 nitrogen and oxygen atoms in total. The van der Waals surface area contributed by atoms with Gasteiger partial charge in [-0.2, -0.15) is 0 Å². The molecule has 0 radical (unpaired) electrons. The Bertz CT molecular complexity index is 688. The van der Waals surface area contributed by atoms with Crippen LogP contribution in [-0.4, -0.2) is 34.4 Å². The smallest absolute Gasteiger partial charge is 0.160 e. The van der Waals surface area contributed by atoms with Crippen LogP contribution in [0.15, 0.2) is 42.5 Å². The molecule has 7 heteroatoms. The van der Waals surface area contributed by atoms with Crippen LogP contribution in [0.4, 0.5) is 24.5 Å². The number of benzene rings is 2. The van der Waals surface area contributed by atoms with Gasteiger partial charge in [0.25, 0.3) is 0 Å². The second kappa shape index (κ2) is 6.48. The maximum Gasteiger partial charge on any atom is 0.160 e. The van der Waals surface area contributed by atoms with E-state index in [9.17, 15) is 23.4 Å². The van der Waals surface area contributed by atoms with E-state index >= 15 is 0 Å². The average Bonchev–Trinajstić information content (AvgIpc) is 2.85. The molecule has 1 aliphatic rings. The summed E-state index contributed by atoms with van der Waals surface area (Å²) in [5, 5.41) is 20.4. The minimum Gasteiger partial charge on any atom is -0.390 e. The summed E-state index contributed by atoms with van der Waals surface area (Å²) >= 11 is 0. The van der Waals surface area contributed by atoms with Crippen molar-refractivity contribution in [3.8, 4) is 0 Å². The summed E-state index contributed by atoms with van der Waals surface area (Å²) in [5.41, 5.74) is 0.762. The van der Waals surface area contributed by atoms with Gasteiger partial charge in [-0.15, -0.1) is 0 Å². The van der Waals surface area contributed by atoms with Crippen molar-refractivity contribution in [2.75, 3.05) is 11.1 Å². The van der Waals surface area contributed by atoms with Crippen LogP contribution >= 0.6 is 8.58 Å². The lowest BCUT2D eigenvalue weighted by atomic mass is 10.1. The van der Waals surface area contributed by atoms with Crippen LogP contribution in [0.2, 0.25) is 0 Å². The molecule has 23 heavy (non-hydrogen) atoms. The zero-order valence-electron chi connectivity index (χ0n) is 12.0. The van der Waals surface area contributed by atoms with Crippen molar-refractivity contribution in [3.05, 3.63) is 59.9 Å². The van der Waals surface area contributed by atoms with Gasteiger partial charge in [0, 0.05) is 17.4 Å². The minimum absolute atomic E-state index is 0.140. The normalized spacial score (nSPS) is 25.0. The van der Waals surface area contributed by atoms with Gasteiger partial charge < -0.3 is 15.1 Å². The Balaban J connectivity index is 2.09. The first-order valence-corrected chi connectivity index (χ1v) is 8.35. The molecule has 0 aromatic heterocycles. The number of aliphatic hydroxyl groups excluding tert-OH is 2. The van der Waals surface area contributed by atoms with Crippen LogP contribution < -0.4 is 4.90 Å². The summed E-state index contributed by atoms with van der Waals surface area (Å²) in [4.78, 5) is 1.53. The van der Waals surface area contributed by atoms with E-state index in [2.05, 4.69) is 0 Å². The lowest BCUT2D eigenvalue weighted by Crippen LogP contribution is -2.44. The molecule has 2 N–H and O–H groups in total. The summed E-state index contributed by atoms with van der Waals surface area (Å²) < 4.78 is 40.0. The van der Waals surface area contributed by atoms with E-state index in [4.69, 9.17) is 0 Å². The van der Waals surface area contributed by atoms with Gasteiger partial charge in [0.2, 0.25) is 0 Å². The van der Waals surface area contributed by atoms with Gasteiger partial charge in [0.15, 0.2) is 11.6 Å². The Morgan fingerprint density at radius 2 is 1.57 bits per heavy atom. The monoisotopic (exact) mass is 341 g/mol. The lowest BCUT2D eigenvalue weighted by Gasteiger charge is -2.35. The zero-order chi connectivity index (χ0) is 16.6. The maximum atomic E-state index is 13.6. The van der Waals surface area contributed by atoms with Crippen molar-refractivity contribution in [1.82, 2.24) is 0 Å². The quantitative estimate of drug-likeness (QED) is 0.844. The first-order chi connectivity index (χ1) is 11.0. The predicted octanol–water partition coefficient (Wildman–Crippen LogP) is 2.98. The molecule has 0 aliphatic carbocycles. The Morgan fingerprint density at radius 3 is 2.13 bits per heavy atom. The van der Waals surface area contributed by atoms with Crippen molar-refractivity contribution < 1.29 is 23.4 Å². The van der Waals surface area contributed by atoms with Gasteiger partial charge in [-0.3, -0.25) is 0 Å². The molecule has 0 spiro atoms. The molecule has 0 saturated carbocycles. The van der Waals surface area contributed by atoms with Crippen LogP contribution in [0.3, 0.4) is 0 Å². The summed E-state index contributed by atoms with van der Waals surface area (Å²) in [5.74, 6) is -3.25. The van der Waals surface area contributed by atoms with E-state index in [0.717, 1.165) is 12.1 Å². The fourth-order valence-electron chi connectivity index (χ4n) is 2.74. The van der Waals surface area contributed by atoms with Crippen molar-refractivity contribution in [2.24, 2.45) is 0 Å². The number of rotatable bonds is 3. The highest BCUT2D eigenvalue weighted by molar-refractivity contribution is 7.39. The van der Waals surface area contributed by atoms with Gasteiger partial charge in [-0.1, -0.05) is 8.58 Å². The topological polar surface area (TPSA) is 43.7 Å². The van der Waals surface area contributed by atoms with Crippen molar-refractivity contribution in [3.63, 3.8) is 0 Å². The third-order valence-corrected chi connectivity index (χ3v) is 5.25. The highest BCUT2D eigenvalue weighted by atomic mass is 31.1. The zero-order valence-corrected chi connectivity index (χ0v) is 13.0. The van der Waals surface area contributed by atoms with Gasteiger partial charge in [0.1, 0.15) is 5.82 Å². The second-order valence-electron chi connectivity index (χ2n) is 5.36. The average molecular weight is 341 g/mol. The molecule has 0 bridgehead atoms. The van der Waals surface area contributed by atoms with E-state index in [1.54, 1.807) is 0 Å². The van der Waals surface area contributed by atoms with Gasteiger partial charge in [-0.05, 0) is 42.6 Å². The number of anilines is 2. The molecule has 4 atom stereocenters. The summed E-state index contributed by atoms with van der Waals surface area (Å²) in [6, 6.07) is 8.05. The SMILES string of the molecule is OC1CPC(O)C1N(c1ccc(F)cc1)c1ccc(F)c(F)c1. The first-order valence-electron chi connectivity index (χ1n) is 7.07. The third kappa shape index (κ3) is 3.20. The van der Waals surface area contributed by atoms with E-state index in [0.29, 0.717) is 11.8 Å². The van der Waals surface area contributed by atoms with Gasteiger partial charge >= 0.3 is 0 Å². The number of hydrogen-bond donors (Lipinski definition) is 2. The number of aliphatic hydroxyl groups is 2. The maximum absolute atomic E-state index is 13.6. The van der Waals surface area contributed by atoms with Crippen LogP contribution in [0.25, 0.3) is 0 Å². The predicted molar refractivity (Wildman–Crippen MR) is 83.9 cm³/mol. The van der Waals surface area contributed by atoms with E-state index < -0.39 is 35.4 Å². The molecular weight excluding hydrogens is 326 g/mol. The summed E-state index contributed by atoms with van der Waals surface area (Å²) in [7, 11) is 0.140. The van der Waals surface area contributed by atoms with E-state index in [1.807, 2.05) is 0 Å². The molecule has 1 saturated heterocycles. The second-order valence-corrected chi connectivity index (χ2v) is 6.76. The van der Waals surface area contributed by atoms with Crippen molar-refractivity contribution >= 4 is 20.0 Å². The molecule has 0 amide bonds. The molecule has 2 aromatic carbocycles. The fourth-order valence-corrected chi connectivity index (χ4v) is 4.07. The molecular formula is C16H15F3NO2P. The van der Waals surface area contributed by atoms with Gasteiger partial charge in [-0.25, -0.2) is 13.2 Å². The lowest BCUT2D eigenvalue weighted by molar-refractivity contribution is 0.126. The fraction of sp³-hybridized carbons (Fsp3) is 0.250. The van der Waals surface area contributed by atoms with Crippen molar-refractivity contribution in [1.29, 1.82) is 0 Å². The molecule has 1 fully saturated rings. The van der Waals surface area contributed by atoms with Crippen LogP contribution in [0.5, 0.6) is 0 Å². The third-order valence-electron chi connectivity index (χ3n) is 3.84. The first kappa shape index (κ1) is 16.2. The Hall–Kier alpha value is -1.62. The number of halogens is 3. The van der Waals surface area contributed by atoms with E-state index in [-0.39, 0.29) is 14.3 Å². The highest BCUT2D eigenvalue weighted by Gasteiger charge is 2.39. The van der Waals surface area contributed by atoms with E-state index in [1.165, 1.54) is 35.2 Å². The molecule has 3 rings (SSSR count). The Labute approximate surface area is 133 Å². The van der Waals surface area contributed by atoms with Crippen LogP contribution in [0, 0.1) is 17.5 Å². The molecule has 2 aromatic rings. The largest absolute Gasteiger partial charge is 0.390 e. The summed E-state index contributed by atoms with van der Waals surface area (Å²) in [6.07, 6.45) is -0.394. The van der Waals surface area contributed by atoms with Gasteiger partial charge in [0.05, 0.1) is 18.0 Å². The Kier molecular flexibility index (Phi) is 4.57. The molecule has 122 valence electrons. The highest BCUT2D eigenvalue weighted by Crippen LogP contribution is 2.40. The summed E-state index contributed by atoms with van der Waals surface area (Å²) in [6.45, 7) is 0. The minimum atomic E-state index is -1.03.